The second-order valence-corrected chi connectivity index (χ2v) is 5.60. The average molecular weight is 337 g/mol. The van der Waals surface area contributed by atoms with Crippen LogP contribution in [0.15, 0.2) is 35.7 Å². The van der Waals surface area contributed by atoms with Crippen molar-refractivity contribution in [2.45, 2.75) is 18.8 Å². The number of hydrogen-bond donors (Lipinski definition) is 2. The molecular weight excluding hydrogens is 325 g/mol. The molecule has 0 amide bonds. The van der Waals surface area contributed by atoms with Crippen molar-refractivity contribution < 1.29 is 17.9 Å². The summed E-state index contributed by atoms with van der Waals surface area (Å²) in [5.74, 6) is 5.27. The van der Waals surface area contributed by atoms with Crippen LogP contribution in [0, 0.1) is 0 Å². The lowest BCUT2D eigenvalue weighted by Gasteiger charge is -2.15. The van der Waals surface area contributed by atoms with E-state index in [2.05, 4.69) is 10.2 Å². The molecule has 0 radical (unpaired) electrons. The highest BCUT2D eigenvalue weighted by atomic mass is 35.5. The van der Waals surface area contributed by atoms with E-state index in [0.29, 0.717) is 11.4 Å². The van der Waals surface area contributed by atoms with E-state index in [4.69, 9.17) is 17.4 Å². The van der Waals surface area contributed by atoms with Crippen molar-refractivity contribution in [3.05, 3.63) is 51.2 Å². The third-order valence-electron chi connectivity index (χ3n) is 2.76. The number of benzene rings is 1. The molecule has 2 aromatic rings. The molecule has 0 saturated heterocycles. The second-order valence-electron chi connectivity index (χ2n) is 4.25. The third-order valence-corrected chi connectivity index (χ3v) is 4.23. The van der Waals surface area contributed by atoms with Crippen LogP contribution in [0.5, 0.6) is 5.75 Å². The monoisotopic (exact) mass is 336 g/mol. The van der Waals surface area contributed by atoms with E-state index < -0.39 is 6.36 Å². The van der Waals surface area contributed by atoms with Crippen molar-refractivity contribution in [3.8, 4) is 5.75 Å². The number of ether oxygens (including phenoxy) is 1. The molecule has 0 aliphatic carbocycles. The lowest BCUT2D eigenvalue weighted by atomic mass is 10.1. The van der Waals surface area contributed by atoms with Crippen LogP contribution >= 0.6 is 22.9 Å². The van der Waals surface area contributed by atoms with Gasteiger partial charge in [0.15, 0.2) is 0 Å². The molecule has 1 aromatic heterocycles. The molecule has 2 rings (SSSR count). The highest BCUT2D eigenvalue weighted by Gasteiger charge is 2.31. The average Bonchev–Trinajstić information content (AvgIpc) is 2.82. The van der Waals surface area contributed by atoms with Gasteiger partial charge in [-0.2, -0.15) is 0 Å². The molecule has 1 atom stereocenters. The summed E-state index contributed by atoms with van der Waals surface area (Å²) in [4.78, 5) is 0.884. The molecule has 0 saturated carbocycles. The number of halogens is 4. The number of hydrogen-bond acceptors (Lipinski definition) is 4. The summed E-state index contributed by atoms with van der Waals surface area (Å²) in [6.45, 7) is 0. The number of alkyl halides is 3. The van der Waals surface area contributed by atoms with Crippen molar-refractivity contribution in [1.82, 2.24) is 5.43 Å². The second kappa shape index (κ2) is 6.65. The Morgan fingerprint density at radius 1 is 1.24 bits per heavy atom. The molecule has 0 aliphatic heterocycles. The summed E-state index contributed by atoms with van der Waals surface area (Å²) in [7, 11) is 0. The van der Waals surface area contributed by atoms with Crippen LogP contribution in [-0.2, 0) is 6.42 Å². The van der Waals surface area contributed by atoms with Gasteiger partial charge in [-0.3, -0.25) is 11.3 Å². The standard InChI is InChI=1S/C13H12ClF3N2OS/c14-10-5-6-21-12(10)11(19-18)7-8-1-3-9(4-2-8)20-13(15,16)17/h1-6,11,19H,7,18H2. The minimum atomic E-state index is -4.69. The van der Waals surface area contributed by atoms with E-state index in [9.17, 15) is 13.2 Å². The zero-order valence-corrected chi connectivity index (χ0v) is 12.2. The zero-order valence-electron chi connectivity index (χ0n) is 10.7. The maximum atomic E-state index is 12.1. The fourth-order valence-electron chi connectivity index (χ4n) is 1.84. The summed E-state index contributed by atoms with van der Waals surface area (Å²) in [6, 6.07) is 7.23. The van der Waals surface area contributed by atoms with E-state index >= 15 is 0 Å². The van der Waals surface area contributed by atoms with Crippen LogP contribution in [-0.4, -0.2) is 6.36 Å². The van der Waals surface area contributed by atoms with Crippen LogP contribution < -0.4 is 16.0 Å². The topological polar surface area (TPSA) is 47.3 Å². The maximum absolute atomic E-state index is 12.1. The number of nitrogens with one attached hydrogen (secondary N) is 1. The molecule has 1 aromatic carbocycles. The number of nitrogens with two attached hydrogens (primary N) is 1. The summed E-state index contributed by atoms with van der Waals surface area (Å²) in [5.41, 5.74) is 3.48. The SMILES string of the molecule is NNC(Cc1ccc(OC(F)(F)F)cc1)c1sccc1Cl. The molecule has 3 nitrogen and oxygen atoms in total. The zero-order chi connectivity index (χ0) is 15.5. The molecule has 3 N–H and O–H groups in total. The van der Waals surface area contributed by atoms with Gasteiger partial charge >= 0.3 is 6.36 Å². The third kappa shape index (κ3) is 4.60. The highest BCUT2D eigenvalue weighted by Crippen LogP contribution is 2.31. The Bertz CT molecular complexity index is 586. The van der Waals surface area contributed by atoms with Crippen molar-refractivity contribution in [2.75, 3.05) is 0 Å². The molecule has 8 heteroatoms. The predicted octanol–water partition coefficient (Wildman–Crippen LogP) is 4.05. The van der Waals surface area contributed by atoms with Crippen molar-refractivity contribution in [2.24, 2.45) is 5.84 Å². The number of rotatable bonds is 5. The molecule has 21 heavy (non-hydrogen) atoms. The van der Waals surface area contributed by atoms with Crippen molar-refractivity contribution >= 4 is 22.9 Å². The van der Waals surface area contributed by atoms with Gasteiger partial charge in [-0.1, -0.05) is 23.7 Å². The van der Waals surface area contributed by atoms with Gasteiger partial charge in [0.1, 0.15) is 5.75 Å². The predicted molar refractivity (Wildman–Crippen MR) is 76.2 cm³/mol. The lowest BCUT2D eigenvalue weighted by molar-refractivity contribution is -0.274. The van der Waals surface area contributed by atoms with Gasteiger partial charge < -0.3 is 4.74 Å². The van der Waals surface area contributed by atoms with Gasteiger partial charge in [0.05, 0.1) is 11.1 Å². The van der Waals surface area contributed by atoms with E-state index in [1.165, 1.54) is 23.5 Å². The summed E-state index contributed by atoms with van der Waals surface area (Å²) in [6.07, 6.45) is -4.18. The summed E-state index contributed by atoms with van der Waals surface area (Å²) in [5, 5.41) is 2.46. The minimum absolute atomic E-state index is 0.202. The molecule has 0 bridgehead atoms. The van der Waals surface area contributed by atoms with Gasteiger partial charge in [-0.15, -0.1) is 24.5 Å². The van der Waals surface area contributed by atoms with Crippen LogP contribution in [0.4, 0.5) is 13.2 Å². The molecule has 1 unspecified atom stereocenters. The molecule has 114 valence electrons. The molecule has 0 fully saturated rings. The Kier molecular flexibility index (Phi) is 5.10. The first-order valence-corrected chi connectivity index (χ1v) is 7.18. The van der Waals surface area contributed by atoms with E-state index in [1.54, 1.807) is 18.2 Å². The first-order chi connectivity index (χ1) is 9.89. The highest BCUT2D eigenvalue weighted by molar-refractivity contribution is 7.10. The normalized spacial score (nSPS) is 13.2. The fourth-order valence-corrected chi connectivity index (χ4v) is 3.09. The van der Waals surface area contributed by atoms with Gasteiger partial charge in [0, 0.05) is 4.88 Å². The van der Waals surface area contributed by atoms with Crippen LogP contribution in [0.3, 0.4) is 0 Å². The molecule has 1 heterocycles. The first kappa shape index (κ1) is 16.1. The van der Waals surface area contributed by atoms with Gasteiger partial charge in [-0.05, 0) is 35.6 Å². The van der Waals surface area contributed by atoms with Crippen molar-refractivity contribution in [3.63, 3.8) is 0 Å². The van der Waals surface area contributed by atoms with Gasteiger partial charge in [-0.25, -0.2) is 0 Å². The van der Waals surface area contributed by atoms with E-state index in [1.807, 2.05) is 5.38 Å². The minimum Gasteiger partial charge on any atom is -0.406 e. The maximum Gasteiger partial charge on any atom is 0.573 e. The number of thiophene rings is 1. The van der Waals surface area contributed by atoms with Crippen molar-refractivity contribution in [1.29, 1.82) is 0 Å². The number of hydrazine groups is 1. The Hall–Kier alpha value is -1.28. The Balaban J connectivity index is 2.07. The van der Waals surface area contributed by atoms with Crippen LogP contribution in [0.1, 0.15) is 16.5 Å². The Morgan fingerprint density at radius 3 is 2.38 bits per heavy atom. The largest absolute Gasteiger partial charge is 0.573 e. The molecule has 0 aliphatic rings. The van der Waals surface area contributed by atoms with Crippen LogP contribution in [0.2, 0.25) is 5.02 Å². The Labute approximate surface area is 128 Å². The quantitative estimate of drug-likeness (QED) is 0.639. The fraction of sp³-hybridized carbons (Fsp3) is 0.231. The van der Waals surface area contributed by atoms with Gasteiger partial charge in [0.25, 0.3) is 0 Å². The Morgan fingerprint density at radius 2 is 1.90 bits per heavy atom. The summed E-state index contributed by atoms with van der Waals surface area (Å²) >= 11 is 7.51. The summed E-state index contributed by atoms with van der Waals surface area (Å²) < 4.78 is 40.0. The first-order valence-electron chi connectivity index (χ1n) is 5.93. The molecular formula is C13H12ClF3N2OS. The van der Waals surface area contributed by atoms with E-state index in [-0.39, 0.29) is 11.8 Å². The smallest absolute Gasteiger partial charge is 0.406 e. The van der Waals surface area contributed by atoms with Crippen LogP contribution in [0.25, 0.3) is 0 Å². The lowest BCUT2D eigenvalue weighted by Crippen LogP contribution is -2.29. The van der Waals surface area contributed by atoms with E-state index in [0.717, 1.165) is 10.4 Å². The molecule has 0 spiro atoms. The van der Waals surface area contributed by atoms with Gasteiger partial charge in [0.2, 0.25) is 0 Å².